The van der Waals surface area contributed by atoms with Gasteiger partial charge in [-0.25, -0.2) is 4.79 Å². The highest BCUT2D eigenvalue weighted by Gasteiger charge is 2.78. The fourth-order valence-corrected chi connectivity index (χ4v) is 8.54. The van der Waals surface area contributed by atoms with Gasteiger partial charge < -0.3 is 19.3 Å². The van der Waals surface area contributed by atoms with Crippen molar-refractivity contribution in [3.63, 3.8) is 0 Å². The number of carbonyl (C=O) groups is 2. The molecule has 0 N–H and O–H groups in total. The fourth-order valence-electron chi connectivity index (χ4n) is 8.54. The molecule has 7 atom stereocenters. The summed E-state index contributed by atoms with van der Waals surface area (Å²) in [6, 6.07) is -0.0709. The number of carbonyl (C=O) groups excluding carboxylic acids is 2. The van der Waals surface area contributed by atoms with Crippen LogP contribution in [0.3, 0.4) is 0 Å². The minimum atomic E-state index is -0.796. The van der Waals surface area contributed by atoms with E-state index in [2.05, 4.69) is 13.8 Å². The zero-order valence-corrected chi connectivity index (χ0v) is 17.5. The van der Waals surface area contributed by atoms with Gasteiger partial charge in [-0.3, -0.25) is 4.79 Å². The van der Waals surface area contributed by atoms with Crippen molar-refractivity contribution in [2.45, 2.75) is 52.0 Å². The Balaban J connectivity index is 1.66. The molecule has 3 aliphatic heterocycles. The Morgan fingerprint density at radius 1 is 1.31 bits per heavy atom. The van der Waals surface area contributed by atoms with E-state index in [1.54, 1.807) is 0 Å². The molecule has 0 aromatic carbocycles. The van der Waals surface area contributed by atoms with Gasteiger partial charge in [0.05, 0.1) is 38.3 Å². The number of allylic oxidation sites excluding steroid dienone is 2. The van der Waals surface area contributed by atoms with Crippen LogP contribution < -0.4 is 0 Å². The molecule has 0 amide bonds. The number of ether oxygens (including phenoxy) is 2. The molecule has 0 aromatic rings. The van der Waals surface area contributed by atoms with Gasteiger partial charge in [0.25, 0.3) is 0 Å². The Labute approximate surface area is 171 Å². The molecule has 3 aliphatic carbocycles. The molecule has 6 rings (SSSR count). The van der Waals surface area contributed by atoms with Gasteiger partial charge in [0.1, 0.15) is 11.5 Å². The lowest BCUT2D eigenvalue weighted by atomic mass is 9.45. The van der Waals surface area contributed by atoms with Crippen LogP contribution in [0.25, 0.3) is 0 Å². The number of nitrogens with zero attached hydrogens (tertiary/aromatic N) is 1. The Bertz CT molecular complexity index is 920. The highest BCUT2D eigenvalue weighted by atomic mass is 16.6. The Hall–Kier alpha value is -1.66. The lowest BCUT2D eigenvalue weighted by Gasteiger charge is -2.62. The van der Waals surface area contributed by atoms with E-state index in [0.717, 1.165) is 29.7 Å². The van der Waals surface area contributed by atoms with Crippen molar-refractivity contribution in [1.29, 1.82) is 0 Å². The highest BCUT2D eigenvalue weighted by Crippen LogP contribution is 2.74. The molecule has 156 valence electrons. The average molecular weight is 399 g/mol. The normalized spacial score (nSPS) is 49.6. The molecule has 2 bridgehead atoms. The number of methoxy groups -OCH3 is 1. The maximum absolute atomic E-state index is 14.3. The van der Waals surface area contributed by atoms with Crippen LogP contribution in [0.5, 0.6) is 0 Å². The Morgan fingerprint density at radius 2 is 2.10 bits per heavy atom. The second-order valence-corrected chi connectivity index (χ2v) is 10.5. The average Bonchev–Trinajstić information content (AvgIpc) is 3.13. The molecule has 0 radical (unpaired) electrons. The lowest BCUT2D eigenvalue weighted by molar-refractivity contribution is -0.908. The SMILES string of the molecule is COC(=O)C1=C2CCOC3=C2C2(C1)C(=O)C1CC4C2(C)C(CC3)C[N+]4([O-])CC1C. The predicted octanol–water partition coefficient (Wildman–Crippen LogP) is 2.87. The summed E-state index contributed by atoms with van der Waals surface area (Å²) in [6.45, 7) is 5.97. The number of ketones is 1. The first kappa shape index (κ1) is 18.1. The fraction of sp³-hybridized carbons (Fsp3) is 0.739. The van der Waals surface area contributed by atoms with Gasteiger partial charge in [-0.2, -0.15) is 0 Å². The molecule has 6 nitrogen and oxygen atoms in total. The van der Waals surface area contributed by atoms with Crippen LogP contribution >= 0.6 is 0 Å². The van der Waals surface area contributed by atoms with E-state index in [1.165, 1.54) is 7.11 Å². The molecule has 1 saturated carbocycles. The first-order valence-corrected chi connectivity index (χ1v) is 11.1. The summed E-state index contributed by atoms with van der Waals surface area (Å²) in [5.41, 5.74) is 1.40. The first-order valence-electron chi connectivity index (χ1n) is 11.1. The number of hydrogen-bond acceptors (Lipinski definition) is 5. The minimum absolute atomic E-state index is 0.0709. The summed E-state index contributed by atoms with van der Waals surface area (Å²) in [5.74, 6) is 1.000. The van der Waals surface area contributed by atoms with E-state index < -0.39 is 10.8 Å². The van der Waals surface area contributed by atoms with Crippen LogP contribution in [0, 0.1) is 33.8 Å². The predicted molar refractivity (Wildman–Crippen MR) is 104 cm³/mol. The van der Waals surface area contributed by atoms with Crippen molar-refractivity contribution in [3.05, 3.63) is 27.7 Å². The smallest absolute Gasteiger partial charge is 0.334 e. The van der Waals surface area contributed by atoms with Gasteiger partial charge in [0.15, 0.2) is 0 Å². The van der Waals surface area contributed by atoms with Crippen LogP contribution in [0.15, 0.2) is 22.5 Å². The van der Waals surface area contributed by atoms with Crippen molar-refractivity contribution in [2.24, 2.45) is 28.6 Å². The molecular formula is C23H29NO5. The maximum Gasteiger partial charge on any atom is 0.334 e. The summed E-state index contributed by atoms with van der Waals surface area (Å²) in [5, 5.41) is 14.0. The highest BCUT2D eigenvalue weighted by molar-refractivity contribution is 6.01. The zero-order valence-electron chi connectivity index (χ0n) is 17.5. The molecule has 0 aromatic heterocycles. The monoisotopic (exact) mass is 399 g/mol. The molecule has 7 unspecified atom stereocenters. The van der Waals surface area contributed by atoms with Gasteiger partial charge >= 0.3 is 5.97 Å². The van der Waals surface area contributed by atoms with Crippen LogP contribution in [-0.2, 0) is 19.1 Å². The molecule has 6 aliphatic rings. The van der Waals surface area contributed by atoms with Gasteiger partial charge in [0.2, 0.25) is 0 Å². The van der Waals surface area contributed by atoms with E-state index in [4.69, 9.17) is 9.47 Å². The Morgan fingerprint density at radius 3 is 2.86 bits per heavy atom. The van der Waals surface area contributed by atoms with E-state index in [1.807, 2.05) is 0 Å². The minimum Gasteiger partial charge on any atom is -0.633 e. The first-order chi connectivity index (χ1) is 13.8. The Kier molecular flexibility index (Phi) is 3.33. The maximum atomic E-state index is 14.3. The second kappa shape index (κ2) is 5.33. The zero-order chi connectivity index (χ0) is 20.3. The molecule has 29 heavy (non-hydrogen) atoms. The number of esters is 1. The van der Waals surface area contributed by atoms with Crippen LogP contribution in [-0.4, -0.2) is 49.2 Å². The number of rotatable bonds is 1. The van der Waals surface area contributed by atoms with Crippen molar-refractivity contribution in [1.82, 2.24) is 0 Å². The standard InChI is InChI=1S/C23H29NO5/c1-12-10-24(27)11-13-4-5-17-19-14(6-7-29-17)16(21(26)28-3)9-23(19)20(25)15(12)8-18(24)22(13,23)2/h12-13,15,18H,4-11H2,1-3H3. The second-order valence-electron chi connectivity index (χ2n) is 10.5. The van der Waals surface area contributed by atoms with E-state index in [9.17, 15) is 14.8 Å². The van der Waals surface area contributed by atoms with E-state index >= 15 is 0 Å². The van der Waals surface area contributed by atoms with Gasteiger partial charge in [-0.1, -0.05) is 13.8 Å². The molecule has 6 heteroatoms. The summed E-state index contributed by atoms with van der Waals surface area (Å²) in [4.78, 5) is 27.1. The molecular weight excluding hydrogens is 370 g/mol. The molecule has 1 spiro atoms. The van der Waals surface area contributed by atoms with Gasteiger partial charge in [0, 0.05) is 53.6 Å². The van der Waals surface area contributed by atoms with Gasteiger partial charge in [-0.05, 0) is 18.4 Å². The summed E-state index contributed by atoms with van der Waals surface area (Å²) in [6.07, 6.45) is 3.38. The lowest BCUT2D eigenvalue weighted by Crippen LogP contribution is -2.69. The number of hydroxylamine groups is 3. The number of quaternary nitrogens is 1. The number of Topliss-reactive ketones (excluding diaryl/α,β-unsaturated/α-hetero) is 1. The van der Waals surface area contributed by atoms with Crippen molar-refractivity contribution < 1.29 is 23.7 Å². The molecule has 3 heterocycles. The van der Waals surface area contributed by atoms with Crippen LogP contribution in [0.1, 0.15) is 46.0 Å². The number of piperidine rings is 1. The van der Waals surface area contributed by atoms with Crippen LogP contribution in [0.4, 0.5) is 0 Å². The van der Waals surface area contributed by atoms with E-state index in [0.29, 0.717) is 44.5 Å². The molecule has 3 fully saturated rings. The third-order valence-corrected chi connectivity index (χ3v) is 9.67. The summed E-state index contributed by atoms with van der Waals surface area (Å²) >= 11 is 0. The van der Waals surface area contributed by atoms with Gasteiger partial charge in [-0.15, -0.1) is 0 Å². The summed E-state index contributed by atoms with van der Waals surface area (Å²) in [7, 11) is 1.41. The third-order valence-electron chi connectivity index (χ3n) is 9.67. The van der Waals surface area contributed by atoms with Crippen molar-refractivity contribution in [3.8, 4) is 0 Å². The number of hydrogen-bond donors (Lipinski definition) is 0. The quantitative estimate of drug-likeness (QED) is 0.385. The van der Waals surface area contributed by atoms with Crippen molar-refractivity contribution in [2.75, 3.05) is 26.8 Å². The topological polar surface area (TPSA) is 75.7 Å². The van der Waals surface area contributed by atoms with E-state index in [-0.39, 0.29) is 40.2 Å². The molecule has 2 saturated heterocycles. The largest absolute Gasteiger partial charge is 0.633 e. The number of fused-ring (bicyclic) bond motifs is 1. The third kappa shape index (κ3) is 1.79. The van der Waals surface area contributed by atoms with Crippen molar-refractivity contribution >= 4 is 11.8 Å². The van der Waals surface area contributed by atoms with Crippen LogP contribution in [0.2, 0.25) is 0 Å². The summed E-state index contributed by atoms with van der Waals surface area (Å²) < 4.78 is 11.1.